The van der Waals surface area contributed by atoms with Crippen LogP contribution in [0, 0.1) is 16.0 Å². The molecule has 0 radical (unpaired) electrons. The highest BCUT2D eigenvalue weighted by molar-refractivity contribution is 6.02. The number of amides is 1. The fourth-order valence-electron chi connectivity index (χ4n) is 2.49. The number of carbonyl (C=O) groups excluding carboxylic acids is 2. The van der Waals surface area contributed by atoms with Crippen LogP contribution in [-0.2, 0) is 14.4 Å². The summed E-state index contributed by atoms with van der Waals surface area (Å²) in [5, 5.41) is 12.0. The van der Waals surface area contributed by atoms with Gasteiger partial charge < -0.3 is 0 Å². The van der Waals surface area contributed by atoms with Crippen LogP contribution in [0.5, 0.6) is 0 Å². The number of carbonyl (C=O) groups is 2. The van der Waals surface area contributed by atoms with Gasteiger partial charge >= 0.3 is 0 Å². The summed E-state index contributed by atoms with van der Waals surface area (Å²) in [5.74, 6) is -2.83. The van der Waals surface area contributed by atoms with E-state index in [9.17, 15) is 19.7 Å². The van der Waals surface area contributed by atoms with Gasteiger partial charge in [-0.25, -0.2) is 5.06 Å². The third kappa shape index (κ3) is 5.14. The first-order valence-electron chi connectivity index (χ1n) is 7.43. The molecule has 0 aliphatic carbocycles. The van der Waals surface area contributed by atoms with E-state index in [0.717, 1.165) is 5.06 Å². The van der Waals surface area contributed by atoms with Crippen molar-refractivity contribution in [3.8, 4) is 0 Å². The lowest BCUT2D eigenvalue weighted by atomic mass is 9.81. The van der Waals surface area contributed by atoms with Crippen LogP contribution in [0.4, 0.5) is 0 Å². The van der Waals surface area contributed by atoms with E-state index < -0.39 is 29.2 Å². The van der Waals surface area contributed by atoms with Crippen molar-refractivity contribution < 1.29 is 19.3 Å². The topological polar surface area (TPSA) is 89.8 Å². The van der Waals surface area contributed by atoms with Crippen molar-refractivity contribution in [1.82, 2.24) is 5.06 Å². The molecule has 7 nitrogen and oxygen atoms in total. The minimum absolute atomic E-state index is 0.189. The molecule has 126 valence electrons. The fourth-order valence-corrected chi connectivity index (χ4v) is 2.49. The second-order valence-corrected chi connectivity index (χ2v) is 5.24. The van der Waals surface area contributed by atoms with E-state index in [4.69, 9.17) is 4.84 Å². The van der Waals surface area contributed by atoms with Gasteiger partial charge in [0.2, 0.25) is 6.54 Å². The molecule has 1 aromatic rings. The first-order valence-corrected chi connectivity index (χ1v) is 7.43. The maximum atomic E-state index is 12.5. The van der Waals surface area contributed by atoms with Gasteiger partial charge in [0.1, 0.15) is 11.7 Å². The molecule has 0 aliphatic rings. The van der Waals surface area contributed by atoms with Crippen molar-refractivity contribution in [2.45, 2.75) is 25.7 Å². The monoisotopic (exact) mass is 322 g/mol. The van der Waals surface area contributed by atoms with Crippen molar-refractivity contribution >= 4 is 11.7 Å². The van der Waals surface area contributed by atoms with E-state index in [1.54, 1.807) is 30.3 Å². The molecule has 0 heterocycles. The molecule has 0 aliphatic heterocycles. The normalized spacial score (nSPS) is 13.2. The lowest BCUT2D eigenvalue weighted by Crippen LogP contribution is -2.41. The predicted octanol–water partition coefficient (Wildman–Crippen LogP) is 2.05. The average Bonchev–Trinajstić information content (AvgIpc) is 2.54. The van der Waals surface area contributed by atoms with E-state index >= 15 is 0 Å². The number of hydrogen-bond donors (Lipinski definition) is 0. The Balaban J connectivity index is 3.28. The molecule has 2 atom stereocenters. The number of Topliss-reactive ketones (excluding diaryl/α,β-unsaturated/α-hetero) is 1. The third-order valence-electron chi connectivity index (χ3n) is 3.67. The van der Waals surface area contributed by atoms with Crippen molar-refractivity contribution in [2.24, 2.45) is 5.92 Å². The average molecular weight is 322 g/mol. The first-order chi connectivity index (χ1) is 10.9. The van der Waals surface area contributed by atoms with Crippen LogP contribution in [0.1, 0.15) is 31.2 Å². The number of hydrogen-bond acceptors (Lipinski definition) is 5. The van der Waals surface area contributed by atoms with Crippen LogP contribution >= 0.6 is 0 Å². The maximum absolute atomic E-state index is 12.5. The van der Waals surface area contributed by atoms with E-state index in [0.29, 0.717) is 12.0 Å². The molecule has 23 heavy (non-hydrogen) atoms. The lowest BCUT2D eigenvalue weighted by molar-refractivity contribution is -0.484. The van der Waals surface area contributed by atoms with E-state index in [-0.39, 0.29) is 12.2 Å². The lowest BCUT2D eigenvalue weighted by Gasteiger charge is -2.26. The van der Waals surface area contributed by atoms with Crippen LogP contribution in [-0.4, -0.2) is 42.4 Å². The largest absolute Gasteiger partial charge is 0.299 e. The summed E-state index contributed by atoms with van der Waals surface area (Å²) in [6.45, 7) is 1.33. The van der Waals surface area contributed by atoms with Crippen molar-refractivity contribution in [1.29, 1.82) is 0 Å². The molecule has 0 spiro atoms. The molecule has 0 saturated carbocycles. The molecule has 1 rings (SSSR count). The Bertz CT molecular complexity index is 547. The highest BCUT2D eigenvalue weighted by Gasteiger charge is 2.39. The van der Waals surface area contributed by atoms with Crippen molar-refractivity contribution in [3.05, 3.63) is 46.0 Å². The molecule has 1 aromatic carbocycles. The standard InChI is InChI=1S/C16H22N2O5/c1-4-8-14(19)15(16(20)17(2)23-3)13(11-18(21)22)12-9-6-5-7-10-12/h5-7,9-10,13,15H,4,8,11H2,1-3H3/t13-,15+/m1/s1. The minimum Gasteiger partial charge on any atom is -0.299 e. The Labute approximate surface area is 135 Å². The molecule has 1 amide bonds. The van der Waals surface area contributed by atoms with Crippen LogP contribution in [0.2, 0.25) is 0 Å². The maximum Gasteiger partial charge on any atom is 0.257 e. The summed E-state index contributed by atoms with van der Waals surface area (Å²) in [7, 11) is 2.70. The quantitative estimate of drug-likeness (QED) is 0.394. The van der Waals surface area contributed by atoms with E-state index in [1.165, 1.54) is 14.2 Å². The van der Waals surface area contributed by atoms with Gasteiger partial charge in [-0.15, -0.1) is 0 Å². The highest BCUT2D eigenvalue weighted by Crippen LogP contribution is 2.29. The SMILES string of the molecule is CCCC(=O)[C@@H](C(=O)N(C)OC)[C@H](C[N+](=O)[O-])c1ccccc1. The Kier molecular flexibility index (Phi) is 7.34. The zero-order valence-electron chi connectivity index (χ0n) is 13.6. The Hall–Kier alpha value is -2.28. The first kappa shape index (κ1) is 18.8. The molecule has 0 saturated heterocycles. The molecule has 0 fully saturated rings. The minimum atomic E-state index is -1.13. The van der Waals surface area contributed by atoms with Gasteiger partial charge in [0.15, 0.2) is 0 Å². The number of ketones is 1. The zero-order valence-corrected chi connectivity index (χ0v) is 13.6. The molecular formula is C16H22N2O5. The Morgan fingerprint density at radius 3 is 2.39 bits per heavy atom. The number of nitrogens with zero attached hydrogens (tertiary/aromatic N) is 2. The molecule has 0 bridgehead atoms. The van der Waals surface area contributed by atoms with Gasteiger partial charge in [0.25, 0.3) is 5.91 Å². The summed E-state index contributed by atoms with van der Waals surface area (Å²) in [4.78, 5) is 40.5. The number of rotatable bonds is 9. The van der Waals surface area contributed by atoms with Gasteiger partial charge in [-0.3, -0.25) is 24.5 Å². The van der Waals surface area contributed by atoms with Crippen LogP contribution in [0.25, 0.3) is 0 Å². The van der Waals surface area contributed by atoms with Crippen LogP contribution in [0.15, 0.2) is 30.3 Å². The smallest absolute Gasteiger partial charge is 0.257 e. The van der Waals surface area contributed by atoms with Gasteiger partial charge in [-0.05, 0) is 12.0 Å². The summed E-state index contributed by atoms with van der Waals surface area (Å²) in [6.07, 6.45) is 0.758. The van der Waals surface area contributed by atoms with Gasteiger partial charge in [0, 0.05) is 18.4 Å². The molecule has 7 heteroatoms. The summed E-state index contributed by atoms with van der Waals surface area (Å²) >= 11 is 0. The van der Waals surface area contributed by atoms with Gasteiger partial charge in [0.05, 0.1) is 13.0 Å². The van der Waals surface area contributed by atoms with Crippen LogP contribution in [0.3, 0.4) is 0 Å². The molecule has 0 aromatic heterocycles. The summed E-state index contributed by atoms with van der Waals surface area (Å²) < 4.78 is 0. The van der Waals surface area contributed by atoms with E-state index in [2.05, 4.69) is 0 Å². The number of hydroxylamine groups is 2. The number of nitro groups is 1. The Morgan fingerprint density at radius 1 is 1.30 bits per heavy atom. The van der Waals surface area contributed by atoms with Crippen molar-refractivity contribution in [3.63, 3.8) is 0 Å². The predicted molar refractivity (Wildman–Crippen MR) is 84.2 cm³/mol. The number of benzene rings is 1. The second kappa shape index (κ2) is 8.99. The van der Waals surface area contributed by atoms with Crippen molar-refractivity contribution in [2.75, 3.05) is 20.7 Å². The highest BCUT2D eigenvalue weighted by atomic mass is 16.7. The molecule has 0 unspecified atom stereocenters. The van der Waals surface area contributed by atoms with Gasteiger partial charge in [-0.1, -0.05) is 37.3 Å². The van der Waals surface area contributed by atoms with E-state index in [1.807, 2.05) is 6.92 Å². The molecular weight excluding hydrogens is 300 g/mol. The third-order valence-corrected chi connectivity index (χ3v) is 3.67. The van der Waals surface area contributed by atoms with Crippen LogP contribution < -0.4 is 0 Å². The fraction of sp³-hybridized carbons (Fsp3) is 0.500. The molecule has 0 N–H and O–H groups in total. The van der Waals surface area contributed by atoms with Gasteiger partial charge in [-0.2, -0.15) is 0 Å². The zero-order chi connectivity index (χ0) is 17.4. The summed E-state index contributed by atoms with van der Waals surface area (Å²) in [5.41, 5.74) is 0.594. The Morgan fingerprint density at radius 2 is 1.91 bits per heavy atom. The second-order valence-electron chi connectivity index (χ2n) is 5.24. The summed E-state index contributed by atoms with van der Waals surface area (Å²) in [6, 6.07) is 8.63.